The lowest BCUT2D eigenvalue weighted by Crippen LogP contribution is -2.36. The lowest BCUT2D eigenvalue weighted by molar-refractivity contribution is 0.185. The molecule has 1 heterocycles. The van der Waals surface area contributed by atoms with Gasteiger partial charge in [-0.05, 0) is 37.9 Å². The Morgan fingerprint density at radius 1 is 1.47 bits per heavy atom. The van der Waals surface area contributed by atoms with E-state index >= 15 is 0 Å². The monoisotopic (exact) mass is 233 g/mol. The van der Waals surface area contributed by atoms with Crippen LogP contribution in [0.4, 0.5) is 0 Å². The molecule has 2 rings (SSSR count). The Morgan fingerprint density at radius 2 is 2.29 bits per heavy atom. The highest BCUT2D eigenvalue weighted by Gasteiger charge is 2.33. The first-order chi connectivity index (χ1) is 8.36. The fraction of sp³-hybridized carbons (Fsp3) is 0.643. The molecule has 3 heteroatoms. The molecule has 17 heavy (non-hydrogen) atoms. The van der Waals surface area contributed by atoms with Crippen LogP contribution in [-0.2, 0) is 0 Å². The molecule has 1 aromatic rings. The standard InChI is InChI=1S/C14H23N3/c1-2-3-10-17(12-7-8-12)14(11-15)13-6-4-5-9-16-13/h4-6,9,12,14H,2-3,7-8,10-11,15H2,1H3. The average molecular weight is 233 g/mol. The second-order valence-electron chi connectivity index (χ2n) is 4.83. The van der Waals surface area contributed by atoms with Gasteiger partial charge in [-0.25, -0.2) is 0 Å². The zero-order valence-electron chi connectivity index (χ0n) is 10.7. The number of nitrogens with zero attached hydrogens (tertiary/aromatic N) is 2. The SMILES string of the molecule is CCCCN(C1CC1)C(CN)c1ccccn1. The summed E-state index contributed by atoms with van der Waals surface area (Å²) in [5.41, 5.74) is 7.08. The molecule has 1 aliphatic rings. The summed E-state index contributed by atoms with van der Waals surface area (Å²) in [5, 5.41) is 0. The average Bonchev–Trinajstić information content (AvgIpc) is 3.20. The third-order valence-electron chi connectivity index (χ3n) is 3.44. The maximum Gasteiger partial charge on any atom is 0.0646 e. The van der Waals surface area contributed by atoms with E-state index in [4.69, 9.17) is 5.73 Å². The minimum atomic E-state index is 0.301. The van der Waals surface area contributed by atoms with Gasteiger partial charge in [-0.15, -0.1) is 0 Å². The molecule has 0 aliphatic heterocycles. The molecule has 1 aliphatic carbocycles. The van der Waals surface area contributed by atoms with E-state index in [0.29, 0.717) is 12.6 Å². The Balaban J connectivity index is 2.08. The molecule has 0 spiro atoms. The van der Waals surface area contributed by atoms with Gasteiger partial charge >= 0.3 is 0 Å². The van der Waals surface area contributed by atoms with Gasteiger partial charge < -0.3 is 5.73 Å². The normalized spacial score (nSPS) is 17.4. The van der Waals surface area contributed by atoms with E-state index < -0.39 is 0 Å². The number of pyridine rings is 1. The highest BCUT2D eigenvalue weighted by molar-refractivity contribution is 5.11. The second kappa shape index (κ2) is 6.12. The van der Waals surface area contributed by atoms with Crippen molar-refractivity contribution >= 4 is 0 Å². The van der Waals surface area contributed by atoms with Crippen molar-refractivity contribution in [1.29, 1.82) is 0 Å². The summed E-state index contributed by atoms with van der Waals surface area (Å²) in [7, 11) is 0. The second-order valence-corrected chi connectivity index (χ2v) is 4.83. The Bertz CT molecular complexity index is 321. The molecule has 1 fully saturated rings. The maximum atomic E-state index is 5.96. The van der Waals surface area contributed by atoms with Crippen LogP contribution in [0.1, 0.15) is 44.3 Å². The molecule has 3 nitrogen and oxygen atoms in total. The first-order valence-corrected chi connectivity index (χ1v) is 6.73. The van der Waals surface area contributed by atoms with Crippen molar-refractivity contribution in [2.24, 2.45) is 5.73 Å². The molecule has 1 unspecified atom stereocenters. The highest BCUT2D eigenvalue weighted by Crippen LogP contribution is 2.33. The molecule has 0 amide bonds. The number of unbranched alkanes of at least 4 members (excludes halogenated alkanes) is 1. The van der Waals surface area contributed by atoms with Crippen LogP contribution in [0, 0.1) is 0 Å². The van der Waals surface area contributed by atoms with Gasteiger partial charge in [0.25, 0.3) is 0 Å². The van der Waals surface area contributed by atoms with Crippen LogP contribution in [0.25, 0.3) is 0 Å². The molecule has 1 atom stereocenters. The third kappa shape index (κ3) is 3.27. The van der Waals surface area contributed by atoms with Gasteiger partial charge in [-0.1, -0.05) is 19.4 Å². The number of rotatable bonds is 7. The van der Waals surface area contributed by atoms with Gasteiger partial charge in [0.05, 0.1) is 11.7 Å². The molecule has 0 saturated heterocycles. The highest BCUT2D eigenvalue weighted by atomic mass is 15.2. The number of hydrogen-bond donors (Lipinski definition) is 1. The molecular formula is C14H23N3. The lowest BCUT2D eigenvalue weighted by atomic mass is 10.1. The molecule has 0 bridgehead atoms. The van der Waals surface area contributed by atoms with E-state index in [1.807, 2.05) is 12.3 Å². The van der Waals surface area contributed by atoms with Crippen molar-refractivity contribution < 1.29 is 0 Å². The van der Waals surface area contributed by atoms with Crippen LogP contribution in [-0.4, -0.2) is 29.0 Å². The molecule has 1 aromatic heterocycles. The van der Waals surface area contributed by atoms with Crippen LogP contribution >= 0.6 is 0 Å². The Morgan fingerprint density at radius 3 is 2.82 bits per heavy atom. The molecule has 1 saturated carbocycles. The van der Waals surface area contributed by atoms with Crippen LogP contribution in [0.3, 0.4) is 0 Å². The minimum Gasteiger partial charge on any atom is -0.329 e. The molecule has 0 aromatic carbocycles. The lowest BCUT2D eigenvalue weighted by Gasteiger charge is -2.30. The number of aromatic nitrogens is 1. The summed E-state index contributed by atoms with van der Waals surface area (Å²) < 4.78 is 0. The maximum absolute atomic E-state index is 5.96. The van der Waals surface area contributed by atoms with E-state index in [1.165, 1.54) is 25.7 Å². The van der Waals surface area contributed by atoms with E-state index in [2.05, 4.69) is 28.9 Å². The summed E-state index contributed by atoms with van der Waals surface area (Å²) >= 11 is 0. The Kier molecular flexibility index (Phi) is 4.51. The molecule has 0 radical (unpaired) electrons. The zero-order valence-corrected chi connectivity index (χ0v) is 10.7. The largest absolute Gasteiger partial charge is 0.329 e. The van der Waals surface area contributed by atoms with Gasteiger partial charge in [0, 0.05) is 18.8 Å². The molecular weight excluding hydrogens is 210 g/mol. The van der Waals surface area contributed by atoms with Gasteiger partial charge in [0.15, 0.2) is 0 Å². The first kappa shape index (κ1) is 12.5. The first-order valence-electron chi connectivity index (χ1n) is 6.73. The van der Waals surface area contributed by atoms with Crippen molar-refractivity contribution in [3.8, 4) is 0 Å². The van der Waals surface area contributed by atoms with Gasteiger partial charge in [-0.2, -0.15) is 0 Å². The van der Waals surface area contributed by atoms with Gasteiger partial charge in [-0.3, -0.25) is 9.88 Å². The van der Waals surface area contributed by atoms with E-state index in [1.54, 1.807) is 0 Å². The predicted octanol–water partition coefficient (Wildman–Crippen LogP) is 2.35. The fourth-order valence-corrected chi connectivity index (χ4v) is 2.34. The Labute approximate surface area is 104 Å². The summed E-state index contributed by atoms with van der Waals surface area (Å²) in [6, 6.07) is 7.16. The van der Waals surface area contributed by atoms with Crippen molar-refractivity contribution in [2.45, 2.75) is 44.7 Å². The predicted molar refractivity (Wildman–Crippen MR) is 70.7 cm³/mol. The molecule has 2 N–H and O–H groups in total. The van der Waals surface area contributed by atoms with Crippen LogP contribution in [0.5, 0.6) is 0 Å². The summed E-state index contributed by atoms with van der Waals surface area (Å²) in [6.45, 7) is 4.06. The quantitative estimate of drug-likeness (QED) is 0.786. The summed E-state index contributed by atoms with van der Waals surface area (Å²) in [5.74, 6) is 0. The summed E-state index contributed by atoms with van der Waals surface area (Å²) in [4.78, 5) is 7.03. The zero-order chi connectivity index (χ0) is 12.1. The smallest absolute Gasteiger partial charge is 0.0646 e. The van der Waals surface area contributed by atoms with Crippen molar-refractivity contribution in [3.63, 3.8) is 0 Å². The van der Waals surface area contributed by atoms with Crippen molar-refractivity contribution in [2.75, 3.05) is 13.1 Å². The van der Waals surface area contributed by atoms with Gasteiger partial charge in [0.2, 0.25) is 0 Å². The third-order valence-corrected chi connectivity index (χ3v) is 3.44. The summed E-state index contributed by atoms with van der Waals surface area (Å²) in [6.07, 6.45) is 7.01. The molecule has 94 valence electrons. The number of nitrogens with two attached hydrogens (primary N) is 1. The van der Waals surface area contributed by atoms with Crippen molar-refractivity contribution in [3.05, 3.63) is 30.1 Å². The van der Waals surface area contributed by atoms with Crippen LogP contribution in [0.2, 0.25) is 0 Å². The Hall–Kier alpha value is -0.930. The van der Waals surface area contributed by atoms with E-state index in [0.717, 1.165) is 18.3 Å². The van der Waals surface area contributed by atoms with Crippen LogP contribution in [0.15, 0.2) is 24.4 Å². The van der Waals surface area contributed by atoms with E-state index in [-0.39, 0.29) is 0 Å². The van der Waals surface area contributed by atoms with Crippen LogP contribution < -0.4 is 5.73 Å². The number of hydrogen-bond acceptors (Lipinski definition) is 3. The van der Waals surface area contributed by atoms with E-state index in [9.17, 15) is 0 Å². The minimum absolute atomic E-state index is 0.301. The van der Waals surface area contributed by atoms with Crippen molar-refractivity contribution in [1.82, 2.24) is 9.88 Å². The topological polar surface area (TPSA) is 42.1 Å². The van der Waals surface area contributed by atoms with Gasteiger partial charge in [0.1, 0.15) is 0 Å². The fourth-order valence-electron chi connectivity index (χ4n) is 2.34.